The summed E-state index contributed by atoms with van der Waals surface area (Å²) < 4.78 is 6.19. The zero-order chi connectivity index (χ0) is 16.2. The van der Waals surface area contributed by atoms with Crippen molar-refractivity contribution in [1.29, 1.82) is 0 Å². The highest BCUT2D eigenvalue weighted by molar-refractivity contribution is 5.85. The number of ether oxygens (including phenoxy) is 1. The summed E-state index contributed by atoms with van der Waals surface area (Å²) in [5.74, 6) is 7.18. The molecule has 2 nitrogen and oxygen atoms in total. The molecule has 2 aromatic rings. The van der Waals surface area contributed by atoms with Gasteiger partial charge in [-0.05, 0) is 61.7 Å². The predicted molar refractivity (Wildman–Crippen MR) is 104 cm³/mol. The molecule has 1 atom stereocenters. The molecule has 0 radical (unpaired) electrons. The topological polar surface area (TPSA) is 12.5 Å². The van der Waals surface area contributed by atoms with E-state index in [2.05, 4.69) is 41.0 Å². The van der Waals surface area contributed by atoms with Crippen LogP contribution < -0.4 is 0 Å². The predicted octanol–water partition coefficient (Wildman–Crippen LogP) is 4.12. The monoisotopic (exact) mass is 353 g/mol. The van der Waals surface area contributed by atoms with Gasteiger partial charge in [0.05, 0.1) is 12.7 Å². The maximum absolute atomic E-state index is 6.19. The van der Waals surface area contributed by atoms with Gasteiger partial charge in [0.25, 0.3) is 0 Å². The van der Waals surface area contributed by atoms with Crippen molar-refractivity contribution in [3.8, 4) is 11.8 Å². The molecular formula is C22H24ClNO. The molecule has 2 bridgehead atoms. The second-order valence-corrected chi connectivity index (χ2v) is 6.80. The van der Waals surface area contributed by atoms with Crippen molar-refractivity contribution in [2.75, 3.05) is 19.6 Å². The maximum atomic E-state index is 6.19. The third-order valence-corrected chi connectivity index (χ3v) is 5.14. The van der Waals surface area contributed by atoms with E-state index in [-0.39, 0.29) is 12.4 Å². The molecule has 0 aromatic heterocycles. The van der Waals surface area contributed by atoms with Gasteiger partial charge in [0.2, 0.25) is 0 Å². The Kier molecular flexibility index (Phi) is 6.15. The van der Waals surface area contributed by atoms with Gasteiger partial charge in [0.1, 0.15) is 0 Å². The van der Waals surface area contributed by atoms with Crippen LogP contribution in [0.2, 0.25) is 0 Å². The summed E-state index contributed by atoms with van der Waals surface area (Å²) in [7, 11) is 0. The highest BCUT2D eigenvalue weighted by Crippen LogP contribution is 2.30. The van der Waals surface area contributed by atoms with Crippen molar-refractivity contribution in [2.45, 2.75) is 25.6 Å². The van der Waals surface area contributed by atoms with Gasteiger partial charge in [0.15, 0.2) is 0 Å². The molecule has 0 amide bonds. The quantitative estimate of drug-likeness (QED) is 0.770. The summed E-state index contributed by atoms with van der Waals surface area (Å²) in [4.78, 5) is 2.53. The zero-order valence-electron chi connectivity index (χ0n) is 14.4. The van der Waals surface area contributed by atoms with Crippen LogP contribution in [0.1, 0.15) is 29.5 Å². The van der Waals surface area contributed by atoms with Crippen LogP contribution in [0.3, 0.4) is 0 Å². The van der Waals surface area contributed by atoms with Crippen LogP contribution in [0.25, 0.3) is 0 Å². The minimum absolute atomic E-state index is 0. The van der Waals surface area contributed by atoms with Gasteiger partial charge < -0.3 is 9.64 Å². The first kappa shape index (κ1) is 18.0. The Balaban J connectivity index is 0.00000182. The highest BCUT2D eigenvalue weighted by atomic mass is 35.5. The molecule has 3 saturated heterocycles. The summed E-state index contributed by atoms with van der Waals surface area (Å²) in [6.45, 7) is 4.35. The fourth-order valence-corrected chi connectivity index (χ4v) is 3.65. The van der Waals surface area contributed by atoms with Gasteiger partial charge in [-0.25, -0.2) is 0 Å². The van der Waals surface area contributed by atoms with Crippen molar-refractivity contribution in [3.63, 3.8) is 0 Å². The van der Waals surface area contributed by atoms with Gasteiger partial charge in [-0.2, -0.15) is 0 Å². The molecular weight excluding hydrogens is 330 g/mol. The molecule has 3 heteroatoms. The summed E-state index contributed by atoms with van der Waals surface area (Å²) in [5, 5.41) is 0. The Labute approximate surface area is 156 Å². The van der Waals surface area contributed by atoms with E-state index >= 15 is 0 Å². The second kappa shape index (κ2) is 8.54. The number of rotatable bonds is 3. The Bertz CT molecular complexity index is 724. The Hall–Kier alpha value is -1.79. The summed E-state index contributed by atoms with van der Waals surface area (Å²) in [6.07, 6.45) is 3.03. The molecule has 1 unspecified atom stereocenters. The smallest absolute Gasteiger partial charge is 0.0735 e. The van der Waals surface area contributed by atoms with Gasteiger partial charge >= 0.3 is 0 Å². The Morgan fingerprint density at radius 1 is 0.880 bits per heavy atom. The fourth-order valence-electron chi connectivity index (χ4n) is 3.65. The molecule has 0 N–H and O–H groups in total. The summed E-state index contributed by atoms with van der Waals surface area (Å²) >= 11 is 0. The van der Waals surface area contributed by atoms with Crippen LogP contribution in [-0.4, -0.2) is 30.6 Å². The normalized spacial score (nSPS) is 24.1. The molecule has 0 spiro atoms. The highest BCUT2D eigenvalue weighted by Gasteiger charge is 2.34. The van der Waals surface area contributed by atoms with Crippen LogP contribution in [0.5, 0.6) is 0 Å². The third kappa shape index (κ3) is 4.64. The molecule has 3 aliphatic rings. The first-order chi connectivity index (χ1) is 11.9. The molecule has 3 heterocycles. The number of halogens is 1. The first-order valence-corrected chi connectivity index (χ1v) is 8.87. The number of nitrogens with zero attached hydrogens (tertiary/aromatic N) is 1. The van der Waals surface area contributed by atoms with Crippen LogP contribution in [0, 0.1) is 17.8 Å². The molecule has 3 fully saturated rings. The van der Waals surface area contributed by atoms with Crippen molar-refractivity contribution < 1.29 is 4.74 Å². The molecule has 0 aliphatic carbocycles. The third-order valence-electron chi connectivity index (χ3n) is 5.14. The number of piperidine rings is 3. The molecule has 25 heavy (non-hydrogen) atoms. The number of fused-ring (bicyclic) bond motifs is 3. The lowest BCUT2D eigenvalue weighted by atomic mass is 9.86. The average Bonchev–Trinajstić information content (AvgIpc) is 2.67. The number of hydrogen-bond donors (Lipinski definition) is 0. The van der Waals surface area contributed by atoms with Gasteiger partial charge in [-0.3, -0.25) is 0 Å². The second-order valence-electron chi connectivity index (χ2n) is 6.80. The average molecular weight is 354 g/mol. The SMILES string of the molecule is C(#Cc1ccc(COC2CN3CCC2CC3)cc1)c1ccccc1.Cl. The zero-order valence-corrected chi connectivity index (χ0v) is 15.2. The van der Waals surface area contributed by atoms with Gasteiger partial charge in [-0.15, -0.1) is 12.4 Å². The van der Waals surface area contributed by atoms with E-state index < -0.39 is 0 Å². The van der Waals surface area contributed by atoms with Crippen LogP contribution >= 0.6 is 12.4 Å². The van der Waals surface area contributed by atoms with Gasteiger partial charge in [-0.1, -0.05) is 42.2 Å². The minimum Gasteiger partial charge on any atom is -0.372 e. The molecule has 3 aliphatic heterocycles. The van der Waals surface area contributed by atoms with E-state index in [1.165, 1.54) is 31.5 Å². The van der Waals surface area contributed by atoms with Crippen molar-refractivity contribution in [2.24, 2.45) is 5.92 Å². The van der Waals surface area contributed by atoms with E-state index in [9.17, 15) is 0 Å². The number of hydrogen-bond acceptors (Lipinski definition) is 2. The largest absolute Gasteiger partial charge is 0.372 e. The van der Waals surface area contributed by atoms with Gasteiger partial charge in [0, 0.05) is 17.7 Å². The molecule has 130 valence electrons. The molecule has 5 rings (SSSR count). The minimum atomic E-state index is 0. The standard InChI is InChI=1S/C22H23NO.ClH/c1-2-4-18(5-3-1)6-7-19-8-10-20(11-9-19)17-24-22-16-23-14-12-21(22)13-15-23;/h1-5,8-11,21-22H,12-17H2;1H. The summed E-state index contributed by atoms with van der Waals surface area (Å²) in [6, 6.07) is 18.5. The Morgan fingerprint density at radius 2 is 1.52 bits per heavy atom. The molecule has 2 aromatic carbocycles. The van der Waals surface area contributed by atoms with E-state index in [0.717, 1.165) is 23.6 Å². The van der Waals surface area contributed by atoms with E-state index in [4.69, 9.17) is 4.74 Å². The maximum Gasteiger partial charge on any atom is 0.0735 e. The lowest BCUT2D eigenvalue weighted by Crippen LogP contribution is -2.51. The first-order valence-electron chi connectivity index (χ1n) is 8.87. The van der Waals surface area contributed by atoms with Crippen LogP contribution in [-0.2, 0) is 11.3 Å². The number of benzene rings is 2. The lowest BCUT2D eigenvalue weighted by molar-refractivity contribution is -0.0765. The fraction of sp³-hybridized carbons (Fsp3) is 0.364. The molecule has 0 saturated carbocycles. The van der Waals surface area contributed by atoms with Crippen LogP contribution in [0.4, 0.5) is 0 Å². The summed E-state index contributed by atoms with van der Waals surface area (Å²) in [5.41, 5.74) is 3.33. The van der Waals surface area contributed by atoms with E-state index in [1.54, 1.807) is 0 Å². The van der Waals surface area contributed by atoms with Crippen molar-refractivity contribution in [3.05, 3.63) is 71.3 Å². The van der Waals surface area contributed by atoms with Crippen molar-refractivity contribution >= 4 is 12.4 Å². The lowest BCUT2D eigenvalue weighted by Gasteiger charge is -2.44. The van der Waals surface area contributed by atoms with E-state index in [0.29, 0.717) is 12.7 Å². The van der Waals surface area contributed by atoms with Crippen LogP contribution in [0.15, 0.2) is 54.6 Å². The van der Waals surface area contributed by atoms with E-state index in [1.807, 2.05) is 30.3 Å². The Morgan fingerprint density at radius 3 is 2.12 bits per heavy atom. The van der Waals surface area contributed by atoms with Crippen molar-refractivity contribution in [1.82, 2.24) is 4.90 Å².